The Labute approximate surface area is 196 Å². The molecule has 0 radical (unpaired) electrons. The van der Waals surface area contributed by atoms with Crippen molar-refractivity contribution in [1.29, 1.82) is 0 Å². The number of hydrogen-bond donors (Lipinski definition) is 2. The van der Waals surface area contributed by atoms with E-state index in [1.54, 1.807) is 7.11 Å². The summed E-state index contributed by atoms with van der Waals surface area (Å²) >= 11 is 0. The number of nitrogens with one attached hydrogen (secondary N) is 2. The second-order valence-corrected chi connectivity index (χ2v) is 7.33. The van der Waals surface area contributed by atoms with Crippen molar-refractivity contribution >= 4 is 35.8 Å². The van der Waals surface area contributed by atoms with Crippen LogP contribution in [0.5, 0.6) is 5.75 Å². The number of nitrogens with zero attached hydrogens (tertiary/aromatic N) is 3. The summed E-state index contributed by atoms with van der Waals surface area (Å²) in [6, 6.07) is 8.21. The van der Waals surface area contributed by atoms with Gasteiger partial charge in [0.2, 0.25) is 5.91 Å². The van der Waals surface area contributed by atoms with E-state index in [0.717, 1.165) is 69.6 Å². The number of rotatable bonds is 7. The first-order valence-electron chi connectivity index (χ1n) is 10.4. The number of halogens is 1. The van der Waals surface area contributed by atoms with Crippen molar-refractivity contribution in [3.05, 3.63) is 29.8 Å². The molecule has 2 aliphatic heterocycles. The van der Waals surface area contributed by atoms with Crippen LogP contribution in [0.15, 0.2) is 29.3 Å². The minimum atomic E-state index is -0.0832. The van der Waals surface area contributed by atoms with Gasteiger partial charge in [-0.1, -0.05) is 12.1 Å². The third-order valence-electron chi connectivity index (χ3n) is 5.38. The number of carbonyl (C=O) groups is 1. The van der Waals surface area contributed by atoms with Crippen molar-refractivity contribution < 1.29 is 14.3 Å². The van der Waals surface area contributed by atoms with E-state index >= 15 is 0 Å². The van der Waals surface area contributed by atoms with E-state index in [1.165, 1.54) is 0 Å². The minimum Gasteiger partial charge on any atom is -0.497 e. The maximum absolute atomic E-state index is 12.3. The molecule has 2 heterocycles. The molecule has 1 unspecified atom stereocenters. The third-order valence-corrected chi connectivity index (χ3v) is 5.38. The van der Waals surface area contributed by atoms with Gasteiger partial charge >= 0.3 is 0 Å². The average Bonchev–Trinajstić information content (AvgIpc) is 3.26. The molecule has 3 rings (SSSR count). The molecule has 1 amide bonds. The number of aliphatic imine (C=N–C) groups is 1. The third kappa shape index (κ3) is 7.28. The molecule has 2 saturated heterocycles. The van der Waals surface area contributed by atoms with Crippen LogP contribution in [0.3, 0.4) is 0 Å². The van der Waals surface area contributed by atoms with Gasteiger partial charge in [-0.3, -0.25) is 9.69 Å². The van der Waals surface area contributed by atoms with Gasteiger partial charge in [0, 0.05) is 45.3 Å². The van der Waals surface area contributed by atoms with Gasteiger partial charge in [-0.2, -0.15) is 0 Å². The average molecular weight is 531 g/mol. The number of ether oxygens (including phenoxy) is 2. The Balaban J connectivity index is 0.00000320. The van der Waals surface area contributed by atoms with E-state index in [4.69, 9.17) is 9.47 Å². The second kappa shape index (κ2) is 13.0. The zero-order valence-corrected chi connectivity index (χ0v) is 20.3. The molecule has 0 aromatic heterocycles. The number of hydrogen-bond acceptors (Lipinski definition) is 5. The monoisotopic (exact) mass is 531 g/mol. The molecule has 1 aromatic rings. The van der Waals surface area contributed by atoms with Crippen molar-refractivity contribution in [3.8, 4) is 5.75 Å². The van der Waals surface area contributed by atoms with Gasteiger partial charge in [0.1, 0.15) is 12.3 Å². The zero-order valence-electron chi connectivity index (χ0n) is 17.9. The summed E-state index contributed by atoms with van der Waals surface area (Å²) in [5.41, 5.74) is 1.03. The Morgan fingerprint density at radius 2 is 1.93 bits per heavy atom. The van der Waals surface area contributed by atoms with E-state index in [0.29, 0.717) is 12.6 Å². The van der Waals surface area contributed by atoms with E-state index in [1.807, 2.05) is 24.3 Å². The predicted octanol–water partition coefficient (Wildman–Crippen LogP) is 1.30. The molecule has 0 saturated carbocycles. The molecular formula is C21H34IN5O3. The van der Waals surface area contributed by atoms with E-state index in [2.05, 4.69) is 32.3 Å². The van der Waals surface area contributed by atoms with E-state index in [-0.39, 0.29) is 36.4 Å². The molecule has 2 aliphatic rings. The summed E-state index contributed by atoms with van der Waals surface area (Å²) in [7, 11) is 1.64. The predicted molar refractivity (Wildman–Crippen MR) is 129 cm³/mol. The highest BCUT2D eigenvalue weighted by molar-refractivity contribution is 14.0. The molecule has 1 aromatic carbocycles. The van der Waals surface area contributed by atoms with Crippen LogP contribution in [0, 0.1) is 0 Å². The Morgan fingerprint density at radius 3 is 2.60 bits per heavy atom. The van der Waals surface area contributed by atoms with Crippen molar-refractivity contribution in [1.82, 2.24) is 20.4 Å². The molecule has 2 fully saturated rings. The van der Waals surface area contributed by atoms with Crippen molar-refractivity contribution in [2.45, 2.75) is 25.9 Å². The van der Waals surface area contributed by atoms with Gasteiger partial charge in [-0.25, -0.2) is 4.99 Å². The lowest BCUT2D eigenvalue weighted by Crippen LogP contribution is -2.47. The fourth-order valence-corrected chi connectivity index (χ4v) is 3.75. The molecule has 2 N–H and O–H groups in total. The smallest absolute Gasteiger partial charge is 0.242 e. The Bertz CT molecular complexity index is 680. The lowest BCUT2D eigenvalue weighted by atomic mass is 10.2. The fraction of sp³-hybridized carbons (Fsp3) is 0.619. The molecule has 1 atom stereocenters. The zero-order chi connectivity index (χ0) is 20.5. The molecule has 8 nitrogen and oxygen atoms in total. The van der Waals surface area contributed by atoms with Gasteiger partial charge in [-0.15, -0.1) is 24.0 Å². The molecule has 0 aliphatic carbocycles. The SMILES string of the molecule is CCNC(=NCC(=O)NCc1ccc(OC)cc1)N1CCC(N2CCOCC2)C1.I. The number of methoxy groups -OCH3 is 1. The van der Waals surface area contributed by atoms with Crippen molar-refractivity contribution in [3.63, 3.8) is 0 Å². The lowest BCUT2D eigenvalue weighted by molar-refractivity contribution is -0.119. The standard InChI is InChI=1S/C21H33N5O3.HI/c1-3-22-21(26-9-8-18(16-26)25-10-12-29-13-11-25)24-15-20(27)23-14-17-4-6-19(28-2)7-5-17;/h4-7,18H,3,8-16H2,1-2H3,(H,22,24)(H,23,27);1H. The number of morpholine rings is 1. The summed E-state index contributed by atoms with van der Waals surface area (Å²) in [6.45, 7) is 8.98. The summed E-state index contributed by atoms with van der Waals surface area (Å²) in [5.74, 6) is 1.55. The Hall–Kier alpha value is -1.59. The van der Waals surface area contributed by atoms with Crippen LogP contribution in [0.25, 0.3) is 0 Å². The normalized spacial score (nSPS) is 19.9. The molecule has 0 bridgehead atoms. The van der Waals surface area contributed by atoms with Crippen molar-refractivity contribution in [2.75, 3.05) is 59.6 Å². The first kappa shape index (κ1) is 24.7. The maximum Gasteiger partial charge on any atom is 0.242 e. The molecule has 0 spiro atoms. The number of likely N-dealkylation sites (tertiary alicyclic amines) is 1. The summed E-state index contributed by atoms with van der Waals surface area (Å²) < 4.78 is 10.6. The van der Waals surface area contributed by atoms with Crippen LogP contribution < -0.4 is 15.4 Å². The molecule has 9 heteroatoms. The van der Waals surface area contributed by atoms with Gasteiger partial charge < -0.3 is 25.0 Å². The molecular weight excluding hydrogens is 497 g/mol. The summed E-state index contributed by atoms with van der Waals surface area (Å²) in [6.07, 6.45) is 1.12. The van der Waals surface area contributed by atoms with Crippen LogP contribution in [-0.4, -0.2) is 87.3 Å². The van der Waals surface area contributed by atoms with Crippen LogP contribution in [0.2, 0.25) is 0 Å². The van der Waals surface area contributed by atoms with Gasteiger partial charge in [0.05, 0.1) is 20.3 Å². The number of carbonyl (C=O) groups excluding carboxylic acids is 1. The fourth-order valence-electron chi connectivity index (χ4n) is 3.75. The van der Waals surface area contributed by atoms with Crippen LogP contribution >= 0.6 is 24.0 Å². The highest BCUT2D eigenvalue weighted by Crippen LogP contribution is 2.17. The van der Waals surface area contributed by atoms with Gasteiger partial charge in [0.25, 0.3) is 0 Å². The summed E-state index contributed by atoms with van der Waals surface area (Å²) in [5, 5.41) is 6.26. The van der Waals surface area contributed by atoms with Gasteiger partial charge in [-0.05, 0) is 31.0 Å². The second-order valence-electron chi connectivity index (χ2n) is 7.33. The highest BCUT2D eigenvalue weighted by Gasteiger charge is 2.30. The van der Waals surface area contributed by atoms with Crippen LogP contribution in [-0.2, 0) is 16.1 Å². The number of guanidine groups is 1. The quantitative estimate of drug-likeness (QED) is 0.314. The highest BCUT2D eigenvalue weighted by atomic mass is 127. The van der Waals surface area contributed by atoms with Crippen LogP contribution in [0.1, 0.15) is 18.9 Å². The van der Waals surface area contributed by atoms with E-state index < -0.39 is 0 Å². The minimum absolute atomic E-state index is 0. The Morgan fingerprint density at radius 1 is 1.20 bits per heavy atom. The Kier molecular flexibility index (Phi) is 10.7. The molecule has 168 valence electrons. The molecule has 30 heavy (non-hydrogen) atoms. The van der Waals surface area contributed by atoms with E-state index in [9.17, 15) is 4.79 Å². The largest absolute Gasteiger partial charge is 0.497 e. The summed E-state index contributed by atoms with van der Waals surface area (Å²) in [4.78, 5) is 21.6. The van der Waals surface area contributed by atoms with Crippen LogP contribution in [0.4, 0.5) is 0 Å². The topological polar surface area (TPSA) is 78.4 Å². The number of benzene rings is 1. The van der Waals surface area contributed by atoms with Crippen molar-refractivity contribution in [2.24, 2.45) is 4.99 Å². The first-order valence-corrected chi connectivity index (χ1v) is 10.4. The maximum atomic E-state index is 12.3. The number of amides is 1. The first-order chi connectivity index (χ1) is 14.2. The lowest BCUT2D eigenvalue weighted by Gasteiger charge is -2.32. The van der Waals surface area contributed by atoms with Gasteiger partial charge in [0.15, 0.2) is 5.96 Å².